The topological polar surface area (TPSA) is 73.5 Å². The van der Waals surface area contributed by atoms with Gasteiger partial charge in [-0.2, -0.15) is 0 Å². The quantitative estimate of drug-likeness (QED) is 0.575. The van der Waals surface area contributed by atoms with Crippen molar-refractivity contribution in [1.29, 1.82) is 0 Å². The van der Waals surface area contributed by atoms with E-state index in [4.69, 9.17) is 0 Å². The third-order valence-corrected chi connectivity index (χ3v) is 3.22. The molecule has 0 aromatic heterocycles. The van der Waals surface area contributed by atoms with E-state index in [9.17, 15) is 8.42 Å². The molecule has 0 saturated heterocycles. The van der Waals surface area contributed by atoms with Crippen molar-refractivity contribution in [3.05, 3.63) is 23.7 Å². The minimum Gasteiger partial charge on any atom is -0.316 e. The molecule has 0 spiro atoms. The van der Waals surface area contributed by atoms with Crippen molar-refractivity contribution in [3.8, 4) is 0 Å². The second-order valence-electron chi connectivity index (χ2n) is 3.24. The molecule has 1 aliphatic rings. The first-order valence-corrected chi connectivity index (χ1v) is 6.31. The predicted octanol–water partition coefficient (Wildman–Crippen LogP) is -1.07. The van der Waals surface area contributed by atoms with Crippen LogP contribution in [0.1, 0.15) is 0 Å². The highest BCUT2D eigenvalue weighted by Crippen LogP contribution is 2.11. The highest BCUT2D eigenvalue weighted by molar-refractivity contribution is 7.88. The summed E-state index contributed by atoms with van der Waals surface area (Å²) in [5.74, 6) is 0.536. The number of sulfonamides is 1. The molecular formula is C8H16N4O2S. The minimum absolute atomic E-state index is 0.536. The lowest BCUT2D eigenvalue weighted by molar-refractivity contribution is 0.481. The molecule has 0 fully saturated rings. The van der Waals surface area contributed by atoms with Gasteiger partial charge in [0.25, 0.3) is 0 Å². The van der Waals surface area contributed by atoms with Gasteiger partial charge in [-0.05, 0) is 13.1 Å². The SMILES string of the molecule is CNCC1=C(N(C)S(C)(=O)=O)NNC=C1. The summed E-state index contributed by atoms with van der Waals surface area (Å²) < 4.78 is 23.9. The maximum Gasteiger partial charge on any atom is 0.233 e. The molecule has 1 heterocycles. The van der Waals surface area contributed by atoms with Crippen LogP contribution in [0.25, 0.3) is 0 Å². The number of nitrogens with zero attached hydrogens (tertiary/aromatic N) is 1. The van der Waals surface area contributed by atoms with Crippen LogP contribution in [0.5, 0.6) is 0 Å². The van der Waals surface area contributed by atoms with E-state index in [0.29, 0.717) is 12.4 Å². The van der Waals surface area contributed by atoms with Crippen molar-refractivity contribution in [2.75, 3.05) is 26.9 Å². The molecule has 0 unspecified atom stereocenters. The van der Waals surface area contributed by atoms with Crippen molar-refractivity contribution >= 4 is 10.0 Å². The Hall–Kier alpha value is -1.21. The largest absolute Gasteiger partial charge is 0.316 e. The molecule has 0 atom stereocenters. The standard InChI is InChI=1S/C8H16N4O2S/c1-9-6-7-4-5-10-11-8(7)12(2)15(3,13)14/h4-5,9-11H,6H2,1-3H3. The smallest absolute Gasteiger partial charge is 0.233 e. The molecule has 1 aliphatic heterocycles. The van der Waals surface area contributed by atoms with Crippen LogP contribution in [0.2, 0.25) is 0 Å². The summed E-state index contributed by atoms with van der Waals surface area (Å²) >= 11 is 0. The van der Waals surface area contributed by atoms with Gasteiger partial charge in [-0.3, -0.25) is 9.73 Å². The number of hydrogen-bond donors (Lipinski definition) is 3. The van der Waals surface area contributed by atoms with Crippen LogP contribution in [0.15, 0.2) is 23.7 Å². The summed E-state index contributed by atoms with van der Waals surface area (Å²) in [6.45, 7) is 0.598. The monoisotopic (exact) mass is 232 g/mol. The molecule has 0 saturated carbocycles. The highest BCUT2D eigenvalue weighted by Gasteiger charge is 2.18. The summed E-state index contributed by atoms with van der Waals surface area (Å²) in [6.07, 6.45) is 4.70. The van der Waals surface area contributed by atoms with Gasteiger partial charge in [-0.15, -0.1) is 0 Å². The van der Waals surface area contributed by atoms with E-state index in [1.165, 1.54) is 11.4 Å². The van der Waals surface area contributed by atoms with E-state index in [1.807, 2.05) is 6.08 Å². The summed E-state index contributed by atoms with van der Waals surface area (Å²) in [4.78, 5) is 0. The maximum atomic E-state index is 11.4. The van der Waals surface area contributed by atoms with Gasteiger partial charge >= 0.3 is 0 Å². The average molecular weight is 232 g/mol. The van der Waals surface area contributed by atoms with Crippen molar-refractivity contribution in [3.63, 3.8) is 0 Å². The first kappa shape index (κ1) is 11.9. The van der Waals surface area contributed by atoms with E-state index >= 15 is 0 Å². The van der Waals surface area contributed by atoms with Crippen LogP contribution < -0.4 is 16.2 Å². The van der Waals surface area contributed by atoms with Gasteiger partial charge in [0, 0.05) is 25.4 Å². The van der Waals surface area contributed by atoms with Crippen molar-refractivity contribution in [1.82, 2.24) is 20.5 Å². The van der Waals surface area contributed by atoms with Crippen LogP contribution in [-0.4, -0.2) is 39.6 Å². The number of rotatable bonds is 4. The molecule has 0 aliphatic carbocycles. The Morgan fingerprint density at radius 3 is 2.73 bits per heavy atom. The molecule has 0 aromatic rings. The second-order valence-corrected chi connectivity index (χ2v) is 5.25. The highest BCUT2D eigenvalue weighted by atomic mass is 32.2. The van der Waals surface area contributed by atoms with Gasteiger partial charge < -0.3 is 10.7 Å². The van der Waals surface area contributed by atoms with E-state index in [1.54, 1.807) is 13.2 Å². The van der Waals surface area contributed by atoms with Crippen LogP contribution in [-0.2, 0) is 10.0 Å². The Labute approximate surface area is 90.0 Å². The third-order valence-electron chi connectivity index (χ3n) is 2.04. The first-order chi connectivity index (χ1) is 6.96. The molecule has 0 radical (unpaired) electrons. The molecule has 15 heavy (non-hydrogen) atoms. The molecule has 0 bridgehead atoms. The van der Waals surface area contributed by atoms with Gasteiger partial charge in [0.05, 0.1) is 6.26 Å². The van der Waals surface area contributed by atoms with Gasteiger partial charge in [-0.1, -0.05) is 0 Å². The number of hydrogen-bond acceptors (Lipinski definition) is 5. The Kier molecular flexibility index (Phi) is 3.59. The van der Waals surface area contributed by atoms with E-state index in [-0.39, 0.29) is 0 Å². The molecule has 86 valence electrons. The molecule has 0 aromatic carbocycles. The third kappa shape index (κ3) is 2.87. The molecule has 7 heteroatoms. The molecule has 6 nitrogen and oxygen atoms in total. The van der Waals surface area contributed by atoms with E-state index in [2.05, 4.69) is 16.2 Å². The van der Waals surface area contributed by atoms with Gasteiger partial charge in [0.2, 0.25) is 10.0 Å². The fourth-order valence-electron chi connectivity index (χ4n) is 1.19. The molecule has 3 N–H and O–H groups in total. The van der Waals surface area contributed by atoms with Gasteiger partial charge in [0.1, 0.15) is 5.82 Å². The molecule has 0 amide bonds. The summed E-state index contributed by atoms with van der Waals surface area (Å²) in [5.41, 5.74) is 6.44. The van der Waals surface area contributed by atoms with Crippen LogP contribution in [0, 0.1) is 0 Å². The summed E-state index contributed by atoms with van der Waals surface area (Å²) in [6, 6.07) is 0. The Morgan fingerprint density at radius 2 is 2.20 bits per heavy atom. The lowest BCUT2D eigenvalue weighted by Gasteiger charge is -2.26. The Balaban J connectivity index is 3.02. The fourth-order valence-corrected chi connectivity index (χ4v) is 1.69. The average Bonchev–Trinajstić information content (AvgIpc) is 2.17. The van der Waals surface area contributed by atoms with E-state index < -0.39 is 10.0 Å². The van der Waals surface area contributed by atoms with E-state index in [0.717, 1.165) is 11.8 Å². The van der Waals surface area contributed by atoms with Gasteiger partial charge in [-0.25, -0.2) is 8.42 Å². The zero-order valence-corrected chi connectivity index (χ0v) is 9.85. The molecule has 1 rings (SSSR count). The van der Waals surface area contributed by atoms with Crippen molar-refractivity contribution in [2.24, 2.45) is 0 Å². The zero-order valence-electron chi connectivity index (χ0n) is 9.03. The minimum atomic E-state index is -3.24. The number of likely N-dealkylation sites (N-methyl/N-ethyl adjacent to an activating group) is 1. The fraction of sp³-hybridized carbons (Fsp3) is 0.500. The Bertz CT molecular complexity index is 385. The van der Waals surface area contributed by atoms with Crippen LogP contribution in [0.4, 0.5) is 0 Å². The van der Waals surface area contributed by atoms with Gasteiger partial charge in [0.15, 0.2) is 0 Å². The van der Waals surface area contributed by atoms with Crippen molar-refractivity contribution < 1.29 is 8.42 Å². The normalized spacial score (nSPS) is 15.9. The lowest BCUT2D eigenvalue weighted by Crippen LogP contribution is -2.41. The summed E-state index contributed by atoms with van der Waals surface area (Å²) in [7, 11) is 0.0722. The number of nitrogens with one attached hydrogen (secondary N) is 3. The lowest BCUT2D eigenvalue weighted by atomic mass is 10.2. The second kappa shape index (κ2) is 4.54. The Morgan fingerprint density at radius 1 is 1.53 bits per heavy atom. The maximum absolute atomic E-state index is 11.4. The summed E-state index contributed by atoms with van der Waals surface area (Å²) in [5, 5.41) is 2.98. The molecular weight excluding hydrogens is 216 g/mol. The number of hydrazine groups is 1. The van der Waals surface area contributed by atoms with Crippen LogP contribution in [0.3, 0.4) is 0 Å². The van der Waals surface area contributed by atoms with Crippen molar-refractivity contribution in [2.45, 2.75) is 0 Å². The predicted molar refractivity (Wildman–Crippen MR) is 59.0 cm³/mol. The van der Waals surface area contributed by atoms with Crippen LogP contribution >= 0.6 is 0 Å². The zero-order chi connectivity index (χ0) is 11.5. The first-order valence-electron chi connectivity index (χ1n) is 4.46.